The Balaban J connectivity index is 2.69. The van der Waals surface area contributed by atoms with Crippen molar-refractivity contribution in [3.8, 4) is 0 Å². The average Bonchev–Trinajstić information content (AvgIpc) is 2.33. The molecule has 0 radical (unpaired) electrons. The van der Waals surface area contributed by atoms with E-state index in [1.165, 1.54) is 22.9 Å². The van der Waals surface area contributed by atoms with Gasteiger partial charge in [-0.2, -0.15) is 0 Å². The van der Waals surface area contributed by atoms with Gasteiger partial charge in [0.05, 0.1) is 0 Å². The van der Waals surface area contributed by atoms with Crippen LogP contribution in [0.1, 0.15) is 59.9 Å². The van der Waals surface area contributed by atoms with E-state index in [2.05, 4.69) is 87.1 Å². The minimum Gasteiger partial charge on any atom is -0.312 e. The zero-order valence-electron chi connectivity index (χ0n) is 14.6. The quantitative estimate of drug-likeness (QED) is 0.678. The van der Waals surface area contributed by atoms with Gasteiger partial charge in [0, 0.05) is 10.0 Å². The van der Waals surface area contributed by atoms with Crippen molar-refractivity contribution in [3.05, 3.63) is 34.3 Å². The largest absolute Gasteiger partial charge is 0.312 e. The third kappa shape index (κ3) is 8.63. The maximum absolute atomic E-state index is 3.69. The fourth-order valence-corrected chi connectivity index (χ4v) is 2.79. The van der Waals surface area contributed by atoms with Crippen LogP contribution in [-0.4, -0.2) is 12.1 Å². The molecule has 0 aliphatic carbocycles. The number of rotatable bonds is 6. The zero-order chi connectivity index (χ0) is 16.1. The minimum absolute atomic E-state index is 0.188. The van der Waals surface area contributed by atoms with Gasteiger partial charge in [-0.3, -0.25) is 0 Å². The SMILES string of the molecule is CC(C)(C)CCC(CNC(C)(C)C)Cc1ccccc1Br. The molecule has 1 aromatic rings. The highest BCUT2D eigenvalue weighted by atomic mass is 79.9. The maximum atomic E-state index is 3.69. The van der Waals surface area contributed by atoms with Crippen molar-refractivity contribution in [2.45, 2.75) is 66.3 Å². The molecular formula is C19H32BrN. The number of hydrogen-bond acceptors (Lipinski definition) is 1. The lowest BCUT2D eigenvalue weighted by atomic mass is 9.84. The first-order chi connectivity index (χ1) is 9.57. The van der Waals surface area contributed by atoms with Crippen molar-refractivity contribution in [1.82, 2.24) is 5.32 Å². The minimum atomic E-state index is 0.188. The van der Waals surface area contributed by atoms with Gasteiger partial charge in [-0.25, -0.2) is 0 Å². The van der Waals surface area contributed by atoms with Gasteiger partial charge in [-0.05, 0) is 69.5 Å². The zero-order valence-corrected chi connectivity index (χ0v) is 16.2. The standard InChI is InChI=1S/C19H32BrN/c1-18(2,3)12-11-15(14-21-19(4,5)6)13-16-9-7-8-10-17(16)20/h7-10,15,21H,11-14H2,1-6H3. The smallest absolute Gasteiger partial charge is 0.0207 e. The molecule has 1 aromatic carbocycles. The van der Waals surface area contributed by atoms with Crippen LogP contribution < -0.4 is 5.32 Å². The molecule has 21 heavy (non-hydrogen) atoms. The van der Waals surface area contributed by atoms with Gasteiger partial charge < -0.3 is 5.32 Å². The van der Waals surface area contributed by atoms with Crippen LogP contribution >= 0.6 is 15.9 Å². The Labute approximate surface area is 140 Å². The highest BCUT2D eigenvalue weighted by Crippen LogP contribution is 2.27. The predicted molar refractivity (Wildman–Crippen MR) is 97.8 cm³/mol. The molecule has 0 spiro atoms. The monoisotopic (exact) mass is 353 g/mol. The summed E-state index contributed by atoms with van der Waals surface area (Å²) in [5.41, 5.74) is 2.02. The summed E-state index contributed by atoms with van der Waals surface area (Å²) < 4.78 is 1.24. The Morgan fingerprint density at radius 1 is 1.05 bits per heavy atom. The number of hydrogen-bond donors (Lipinski definition) is 1. The number of halogens is 1. The summed E-state index contributed by atoms with van der Waals surface area (Å²) in [6.07, 6.45) is 3.68. The van der Waals surface area contributed by atoms with Crippen LogP contribution in [0.25, 0.3) is 0 Å². The van der Waals surface area contributed by atoms with Crippen molar-refractivity contribution in [2.24, 2.45) is 11.3 Å². The maximum Gasteiger partial charge on any atom is 0.0207 e. The van der Waals surface area contributed by atoms with E-state index in [4.69, 9.17) is 0 Å². The first-order valence-electron chi connectivity index (χ1n) is 8.05. The fraction of sp³-hybridized carbons (Fsp3) is 0.684. The summed E-state index contributed by atoms with van der Waals surface area (Å²) in [5, 5.41) is 3.68. The molecule has 0 aliphatic rings. The van der Waals surface area contributed by atoms with Crippen LogP contribution in [-0.2, 0) is 6.42 Å². The van der Waals surface area contributed by atoms with Crippen molar-refractivity contribution < 1.29 is 0 Å². The number of nitrogens with one attached hydrogen (secondary N) is 1. The van der Waals surface area contributed by atoms with Crippen molar-refractivity contribution in [2.75, 3.05) is 6.54 Å². The van der Waals surface area contributed by atoms with Crippen molar-refractivity contribution in [1.29, 1.82) is 0 Å². The lowest BCUT2D eigenvalue weighted by Gasteiger charge is -2.28. The van der Waals surface area contributed by atoms with Crippen molar-refractivity contribution >= 4 is 15.9 Å². The summed E-state index contributed by atoms with van der Waals surface area (Å²) >= 11 is 3.69. The van der Waals surface area contributed by atoms with Gasteiger partial charge in [0.2, 0.25) is 0 Å². The van der Waals surface area contributed by atoms with E-state index in [0.29, 0.717) is 11.3 Å². The molecule has 0 heterocycles. The molecular weight excluding hydrogens is 322 g/mol. The van der Waals surface area contributed by atoms with E-state index in [0.717, 1.165) is 13.0 Å². The molecule has 0 aliphatic heterocycles. The molecule has 0 aromatic heterocycles. The first kappa shape index (κ1) is 18.7. The molecule has 1 N–H and O–H groups in total. The van der Waals surface area contributed by atoms with Gasteiger partial charge in [0.15, 0.2) is 0 Å². The highest BCUT2D eigenvalue weighted by molar-refractivity contribution is 9.10. The summed E-state index contributed by atoms with van der Waals surface area (Å²) in [5.74, 6) is 0.683. The first-order valence-corrected chi connectivity index (χ1v) is 8.84. The molecule has 1 unspecified atom stereocenters. The van der Waals surface area contributed by atoms with E-state index in [1.54, 1.807) is 0 Å². The summed E-state index contributed by atoms with van der Waals surface area (Å²) in [6, 6.07) is 8.61. The predicted octanol–water partition coefficient (Wildman–Crippen LogP) is 5.82. The molecule has 0 bridgehead atoms. The van der Waals surface area contributed by atoms with E-state index >= 15 is 0 Å². The summed E-state index contributed by atoms with van der Waals surface area (Å²) in [6.45, 7) is 14.8. The third-order valence-electron chi connectivity index (χ3n) is 3.69. The van der Waals surface area contributed by atoms with Crippen LogP contribution in [0.3, 0.4) is 0 Å². The van der Waals surface area contributed by atoms with Gasteiger partial charge >= 0.3 is 0 Å². The lowest BCUT2D eigenvalue weighted by Crippen LogP contribution is -2.39. The van der Waals surface area contributed by atoms with E-state index in [1.807, 2.05) is 0 Å². The summed E-state index contributed by atoms with van der Waals surface area (Å²) in [7, 11) is 0. The van der Waals surface area contributed by atoms with Crippen molar-refractivity contribution in [3.63, 3.8) is 0 Å². The molecule has 1 atom stereocenters. The fourth-order valence-electron chi connectivity index (χ4n) is 2.34. The number of benzene rings is 1. The van der Waals surface area contributed by atoms with E-state index in [9.17, 15) is 0 Å². The summed E-state index contributed by atoms with van der Waals surface area (Å²) in [4.78, 5) is 0. The molecule has 0 amide bonds. The topological polar surface area (TPSA) is 12.0 Å². The third-order valence-corrected chi connectivity index (χ3v) is 4.46. The second-order valence-electron chi connectivity index (χ2n) is 8.39. The van der Waals surface area contributed by atoms with Gasteiger partial charge in [-0.1, -0.05) is 54.9 Å². The Bertz CT molecular complexity index is 408. The molecule has 1 nitrogen and oxygen atoms in total. The Morgan fingerprint density at radius 3 is 2.19 bits per heavy atom. The highest BCUT2D eigenvalue weighted by Gasteiger charge is 2.19. The van der Waals surface area contributed by atoms with E-state index < -0.39 is 0 Å². The Kier molecular flexibility index (Phi) is 6.93. The Morgan fingerprint density at radius 2 is 1.67 bits per heavy atom. The molecule has 0 saturated heterocycles. The molecule has 0 fully saturated rings. The second kappa shape index (κ2) is 7.78. The van der Waals surface area contributed by atoms with Crippen LogP contribution in [0, 0.1) is 11.3 Å². The molecule has 2 heteroatoms. The van der Waals surface area contributed by atoms with Crippen LogP contribution in [0.2, 0.25) is 0 Å². The second-order valence-corrected chi connectivity index (χ2v) is 9.25. The van der Waals surface area contributed by atoms with E-state index in [-0.39, 0.29) is 5.54 Å². The van der Waals surface area contributed by atoms with Crippen LogP contribution in [0.4, 0.5) is 0 Å². The molecule has 1 rings (SSSR count). The van der Waals surface area contributed by atoms with Crippen LogP contribution in [0.5, 0.6) is 0 Å². The van der Waals surface area contributed by atoms with Gasteiger partial charge in [-0.15, -0.1) is 0 Å². The van der Waals surface area contributed by atoms with Gasteiger partial charge in [0.1, 0.15) is 0 Å². The molecule has 120 valence electrons. The molecule has 0 saturated carbocycles. The lowest BCUT2D eigenvalue weighted by molar-refractivity contribution is 0.295. The van der Waals surface area contributed by atoms with Gasteiger partial charge in [0.25, 0.3) is 0 Å². The normalized spacial score (nSPS) is 14.2. The Hall–Kier alpha value is -0.340. The average molecular weight is 354 g/mol. The van der Waals surface area contributed by atoms with Crippen LogP contribution in [0.15, 0.2) is 28.7 Å².